The van der Waals surface area contributed by atoms with Gasteiger partial charge in [0, 0.05) is 32.7 Å². The predicted octanol–water partition coefficient (Wildman–Crippen LogP) is 9.14. The van der Waals surface area contributed by atoms with Crippen molar-refractivity contribution < 1.29 is 33.5 Å². The monoisotopic (exact) mass is 1020 g/mol. The van der Waals surface area contributed by atoms with Crippen molar-refractivity contribution in [3.63, 3.8) is 0 Å². The lowest BCUT2D eigenvalue weighted by Crippen LogP contribution is -2.71. The Bertz CT molecular complexity index is 2900. The van der Waals surface area contributed by atoms with Crippen molar-refractivity contribution >= 4 is 81.3 Å². The molecular weight excluding hydrogens is 979 g/mol. The number of esters is 1. The first-order valence-corrected chi connectivity index (χ1v) is 26.1. The number of benzene rings is 5. The summed E-state index contributed by atoms with van der Waals surface area (Å²) in [6.45, 7) is 5.22. The van der Waals surface area contributed by atoms with Gasteiger partial charge in [-0.2, -0.15) is 5.21 Å². The largest absolute Gasteiger partial charge is 0.448 e. The third-order valence-corrected chi connectivity index (χ3v) is 15.3. The van der Waals surface area contributed by atoms with Gasteiger partial charge in [-0.25, -0.2) is 14.6 Å². The zero-order valence-corrected chi connectivity index (χ0v) is 41.6. The second-order valence-electron chi connectivity index (χ2n) is 16.8. The number of thiazole rings is 1. The molecule has 1 fully saturated rings. The molecule has 4 heterocycles. The van der Waals surface area contributed by atoms with Crippen LogP contribution in [0.3, 0.4) is 0 Å². The number of carbonyl (C=O) groups is 4. The molecule has 9 rings (SSSR count). The van der Waals surface area contributed by atoms with Gasteiger partial charge in [-0.3, -0.25) is 19.8 Å². The van der Waals surface area contributed by atoms with Crippen molar-refractivity contribution in [2.45, 2.75) is 54.6 Å². The van der Waals surface area contributed by atoms with E-state index in [2.05, 4.69) is 41.4 Å². The summed E-state index contributed by atoms with van der Waals surface area (Å²) in [7, 11) is 0. The zero-order valence-electron chi connectivity index (χ0n) is 38.3. The van der Waals surface area contributed by atoms with Crippen LogP contribution in [0.25, 0.3) is 0 Å². The molecule has 2 aliphatic rings. The normalized spacial score (nSPS) is 15.9. The van der Waals surface area contributed by atoms with E-state index >= 15 is 0 Å². The van der Waals surface area contributed by atoms with Gasteiger partial charge in [0.25, 0.3) is 11.8 Å². The van der Waals surface area contributed by atoms with Crippen LogP contribution in [-0.4, -0.2) is 88.0 Å². The average molecular weight is 1020 g/mol. The van der Waals surface area contributed by atoms with Gasteiger partial charge in [0.1, 0.15) is 28.4 Å². The summed E-state index contributed by atoms with van der Waals surface area (Å²) in [4.78, 5) is 70.4. The molecule has 5 aromatic carbocycles. The minimum Gasteiger partial charge on any atom is -0.448 e. The molecule has 0 saturated carbocycles. The molecule has 3 N–H and O–H groups in total. The number of aromatic nitrogens is 5. The molecule has 71 heavy (non-hydrogen) atoms. The fraction of sp³-hybridized carbons (Fsp3) is 0.196. The quantitative estimate of drug-likeness (QED) is 0.0148. The van der Waals surface area contributed by atoms with Crippen molar-refractivity contribution in [2.75, 3.05) is 16.2 Å². The molecule has 0 spiro atoms. The van der Waals surface area contributed by atoms with Crippen molar-refractivity contribution in [3.05, 3.63) is 201 Å². The molecule has 0 radical (unpaired) electrons. The van der Waals surface area contributed by atoms with Gasteiger partial charge in [0.05, 0.1) is 5.08 Å². The molecule has 16 nitrogen and oxygen atoms in total. The second kappa shape index (κ2) is 21.8. The van der Waals surface area contributed by atoms with E-state index < -0.39 is 52.6 Å². The number of carbonyl (C=O) groups excluding carboxylic acids is 4. The van der Waals surface area contributed by atoms with Crippen LogP contribution in [0.15, 0.2) is 178 Å². The lowest BCUT2D eigenvalue weighted by Gasteiger charge is -2.49. The summed E-state index contributed by atoms with van der Waals surface area (Å²) < 4.78 is 11.8. The lowest BCUT2D eigenvalue weighted by molar-refractivity contribution is -0.154. The Balaban J connectivity index is 1.05. The molecule has 1 saturated heterocycles. The number of thioether (sulfide) groups is 3. The van der Waals surface area contributed by atoms with E-state index in [0.29, 0.717) is 37.6 Å². The number of rotatable bonds is 17. The van der Waals surface area contributed by atoms with Crippen LogP contribution in [-0.2, 0) is 34.3 Å². The van der Waals surface area contributed by atoms with Crippen LogP contribution in [0.1, 0.15) is 60.4 Å². The summed E-state index contributed by atoms with van der Waals surface area (Å²) in [5.41, 5.74) is 1.30. The molecule has 0 bridgehead atoms. The molecule has 0 aliphatic carbocycles. The SMILES string of the molecule is CC(C)(C)OC(=O)Nc1nc(/C(=N/OC(c2ccccc2)(c2ccccc2)c2ccccc2)C(=O)NC2C(=O)N3C(C(=O)OC(c4ccccc4)c4ccccc4)=C(SCSc4nn[nH]n4)CS[C@@H]23)cs1. The molecule has 3 amide bonds. The van der Waals surface area contributed by atoms with Gasteiger partial charge in [-0.15, -0.1) is 45.1 Å². The topological polar surface area (TPSA) is 203 Å². The summed E-state index contributed by atoms with van der Waals surface area (Å²) in [5, 5.41) is 26.1. The van der Waals surface area contributed by atoms with Gasteiger partial charge in [0.2, 0.25) is 10.8 Å². The Labute approximate surface area is 425 Å². The van der Waals surface area contributed by atoms with Crippen LogP contribution >= 0.6 is 46.6 Å². The number of anilines is 1. The Hall–Kier alpha value is -7.26. The fourth-order valence-corrected chi connectivity index (χ4v) is 12.0. The first kappa shape index (κ1) is 48.8. The second-order valence-corrected chi connectivity index (χ2v) is 21.2. The molecular formula is C51H45N9O7S4. The highest BCUT2D eigenvalue weighted by Gasteiger charge is 2.55. The number of oxime groups is 1. The predicted molar refractivity (Wildman–Crippen MR) is 274 cm³/mol. The number of ether oxygens (including phenoxy) is 2. The molecule has 2 aliphatic heterocycles. The van der Waals surface area contributed by atoms with E-state index in [0.717, 1.165) is 22.5 Å². The number of H-pyrrole nitrogens is 1. The maximum Gasteiger partial charge on any atom is 0.413 e. The maximum atomic E-state index is 14.9. The van der Waals surface area contributed by atoms with Gasteiger partial charge in [0.15, 0.2) is 16.9 Å². The zero-order chi connectivity index (χ0) is 49.4. The summed E-state index contributed by atoms with van der Waals surface area (Å²) in [5.74, 6) is -1.73. The Morgan fingerprint density at radius 2 is 1.38 bits per heavy atom. The smallest absolute Gasteiger partial charge is 0.413 e. The highest BCUT2D eigenvalue weighted by Crippen LogP contribution is 2.46. The number of tetrazole rings is 1. The molecule has 2 atom stereocenters. The summed E-state index contributed by atoms with van der Waals surface area (Å²) in [6.07, 6.45) is -1.53. The Morgan fingerprint density at radius 3 is 1.92 bits per heavy atom. The average Bonchev–Trinajstić information content (AvgIpc) is 4.09. The van der Waals surface area contributed by atoms with Crippen molar-refractivity contribution in [3.8, 4) is 0 Å². The number of hydrogen-bond donors (Lipinski definition) is 3. The number of β-lactam (4-membered cyclic amide) rings is 1. The van der Waals surface area contributed by atoms with E-state index in [-0.39, 0.29) is 22.2 Å². The van der Waals surface area contributed by atoms with E-state index in [1.165, 1.54) is 40.2 Å². The number of nitrogens with zero attached hydrogens (tertiary/aromatic N) is 6. The highest BCUT2D eigenvalue weighted by atomic mass is 32.2. The van der Waals surface area contributed by atoms with Gasteiger partial charge < -0.3 is 19.6 Å². The van der Waals surface area contributed by atoms with Gasteiger partial charge in [-0.05, 0) is 37.1 Å². The summed E-state index contributed by atoms with van der Waals surface area (Å²) >= 11 is 5.10. The highest BCUT2D eigenvalue weighted by molar-refractivity contribution is 8.18. The number of amides is 3. The van der Waals surface area contributed by atoms with Gasteiger partial charge in [-0.1, -0.05) is 169 Å². The molecule has 20 heteroatoms. The fourth-order valence-electron chi connectivity index (χ4n) is 7.84. The number of nitrogens with one attached hydrogen (secondary N) is 3. The standard InChI is InChI=1S/C51H45N9O7S4/c1-50(2,3)66-49(64)54-47-52-37(29-69-47)39(57-67-51(34-23-13-6-14-24-34,35-25-15-7-16-26-35)36-27-17-8-18-28-36)43(61)53-40-44(62)60-41(38(30-68-45(40)60)70-31-71-48-55-58-59-56-48)46(63)65-42(32-19-9-4-10-20-32)33-21-11-5-12-22-33/h4-29,40,42,45H,30-31H2,1-3H3,(H,53,61)(H,52,54,64)(H,55,56,58,59)/b57-39-/t40?,45-/m0/s1. The van der Waals surface area contributed by atoms with E-state index in [1.54, 1.807) is 26.2 Å². The van der Waals surface area contributed by atoms with Crippen LogP contribution in [0.5, 0.6) is 0 Å². The minimum absolute atomic E-state index is 0.0522. The molecule has 360 valence electrons. The third-order valence-electron chi connectivity index (χ3n) is 11.0. The molecule has 1 unspecified atom stereocenters. The van der Waals surface area contributed by atoms with Crippen LogP contribution in [0.2, 0.25) is 0 Å². The minimum atomic E-state index is -1.39. The third kappa shape index (κ3) is 11.0. The van der Waals surface area contributed by atoms with Crippen LogP contribution in [0, 0.1) is 0 Å². The first-order chi connectivity index (χ1) is 34.5. The Kier molecular flexibility index (Phi) is 15.0. The summed E-state index contributed by atoms with van der Waals surface area (Å²) in [6, 6.07) is 46.1. The van der Waals surface area contributed by atoms with E-state index in [4.69, 9.17) is 14.3 Å². The van der Waals surface area contributed by atoms with Crippen molar-refractivity contribution in [2.24, 2.45) is 5.16 Å². The number of aromatic amines is 1. The van der Waals surface area contributed by atoms with Gasteiger partial charge >= 0.3 is 12.1 Å². The molecule has 7 aromatic rings. The number of hydrogen-bond acceptors (Lipinski definition) is 16. The number of fused-ring (bicyclic) bond motifs is 1. The van der Waals surface area contributed by atoms with E-state index in [9.17, 15) is 19.2 Å². The molecule has 2 aromatic heterocycles. The van der Waals surface area contributed by atoms with Crippen LogP contribution < -0.4 is 10.6 Å². The maximum absolute atomic E-state index is 14.9. The first-order valence-electron chi connectivity index (χ1n) is 22.2. The van der Waals surface area contributed by atoms with E-state index in [1.807, 2.05) is 152 Å². The van der Waals surface area contributed by atoms with Crippen molar-refractivity contribution in [1.29, 1.82) is 0 Å². The Morgan fingerprint density at radius 1 is 0.817 bits per heavy atom. The van der Waals surface area contributed by atoms with Crippen molar-refractivity contribution in [1.82, 2.24) is 35.8 Å². The van der Waals surface area contributed by atoms with Crippen LogP contribution in [0.4, 0.5) is 9.93 Å². The lowest BCUT2D eigenvalue weighted by atomic mass is 9.80.